The van der Waals surface area contributed by atoms with Crippen LogP contribution in [0, 0.1) is 11.8 Å². The Labute approximate surface area is 85.2 Å². The molecule has 1 aliphatic rings. The first kappa shape index (κ1) is 11.5. The Morgan fingerprint density at radius 1 is 1.57 bits per heavy atom. The lowest BCUT2D eigenvalue weighted by molar-refractivity contribution is -0.147. The van der Waals surface area contributed by atoms with Gasteiger partial charge in [0.2, 0.25) is 0 Å². The van der Waals surface area contributed by atoms with Gasteiger partial charge >= 0.3 is 5.97 Å². The molecule has 0 aromatic heterocycles. The molecule has 1 rings (SSSR count). The largest absolute Gasteiger partial charge is 0.469 e. The van der Waals surface area contributed by atoms with Crippen molar-refractivity contribution in [3.63, 3.8) is 0 Å². The monoisotopic (exact) mass is 200 g/mol. The quantitative estimate of drug-likeness (QED) is 0.511. The van der Waals surface area contributed by atoms with E-state index in [0.717, 1.165) is 25.8 Å². The van der Waals surface area contributed by atoms with Gasteiger partial charge in [-0.2, -0.15) is 0 Å². The molecule has 0 amide bonds. The maximum Gasteiger partial charge on any atom is 0.308 e. The number of esters is 1. The van der Waals surface area contributed by atoms with Crippen molar-refractivity contribution in [1.82, 2.24) is 5.32 Å². The molecular formula is C10H20N2O2. The van der Waals surface area contributed by atoms with E-state index in [9.17, 15) is 4.79 Å². The van der Waals surface area contributed by atoms with Crippen LogP contribution in [0.5, 0.6) is 0 Å². The minimum absolute atomic E-state index is 0.0533. The molecule has 0 bridgehead atoms. The second-order valence-electron chi connectivity index (χ2n) is 3.91. The maximum atomic E-state index is 11.3. The second kappa shape index (κ2) is 5.98. The molecule has 3 N–H and O–H groups in total. The van der Waals surface area contributed by atoms with Gasteiger partial charge in [-0.15, -0.1) is 0 Å². The zero-order valence-corrected chi connectivity index (χ0v) is 8.79. The lowest BCUT2D eigenvalue weighted by Crippen LogP contribution is -2.33. The summed E-state index contributed by atoms with van der Waals surface area (Å²) >= 11 is 0. The normalized spacial score (nSPS) is 27.3. The zero-order valence-electron chi connectivity index (χ0n) is 8.79. The fourth-order valence-electron chi connectivity index (χ4n) is 2.14. The molecule has 0 spiro atoms. The predicted octanol–water partition coefficient (Wildman–Crippen LogP) is 0.472. The molecule has 1 aliphatic carbocycles. The van der Waals surface area contributed by atoms with E-state index in [0.29, 0.717) is 12.6 Å². The zero-order chi connectivity index (χ0) is 10.4. The summed E-state index contributed by atoms with van der Waals surface area (Å²) < 4.78 is 4.76. The van der Waals surface area contributed by atoms with Gasteiger partial charge in [0.1, 0.15) is 0 Å². The topological polar surface area (TPSA) is 64.3 Å². The number of hydrogen-bond acceptors (Lipinski definition) is 4. The summed E-state index contributed by atoms with van der Waals surface area (Å²) in [5.41, 5.74) is 5.36. The molecule has 1 saturated carbocycles. The van der Waals surface area contributed by atoms with Crippen LogP contribution in [0.15, 0.2) is 0 Å². The van der Waals surface area contributed by atoms with Crippen LogP contribution >= 0.6 is 0 Å². The van der Waals surface area contributed by atoms with Gasteiger partial charge in [-0.25, -0.2) is 0 Å². The smallest absolute Gasteiger partial charge is 0.308 e. The van der Waals surface area contributed by atoms with Gasteiger partial charge in [-0.05, 0) is 31.7 Å². The van der Waals surface area contributed by atoms with Crippen molar-refractivity contribution in [3.8, 4) is 0 Å². The average molecular weight is 200 g/mol. The van der Waals surface area contributed by atoms with E-state index in [2.05, 4.69) is 5.32 Å². The standard InChI is InChI=1S/C10H20N2O2/c1-14-10(13)9-4-2-3-8(5-9)6-12-7-11/h8-9,12H,2-7,11H2,1H3/t8-,9+/m0/s1. The first-order chi connectivity index (χ1) is 6.77. The molecule has 0 saturated heterocycles. The van der Waals surface area contributed by atoms with Gasteiger partial charge in [0.05, 0.1) is 13.0 Å². The van der Waals surface area contributed by atoms with Gasteiger partial charge in [0, 0.05) is 6.67 Å². The number of hydrogen-bond donors (Lipinski definition) is 2. The first-order valence-corrected chi connectivity index (χ1v) is 5.26. The molecular weight excluding hydrogens is 180 g/mol. The van der Waals surface area contributed by atoms with Crippen LogP contribution in [-0.4, -0.2) is 26.3 Å². The third-order valence-electron chi connectivity index (χ3n) is 2.89. The number of nitrogens with one attached hydrogen (secondary N) is 1. The minimum atomic E-state index is -0.0533. The molecule has 2 atom stereocenters. The van der Waals surface area contributed by atoms with Crippen molar-refractivity contribution < 1.29 is 9.53 Å². The van der Waals surface area contributed by atoms with E-state index in [-0.39, 0.29) is 11.9 Å². The highest BCUT2D eigenvalue weighted by atomic mass is 16.5. The maximum absolute atomic E-state index is 11.3. The van der Waals surface area contributed by atoms with E-state index in [1.54, 1.807) is 0 Å². The van der Waals surface area contributed by atoms with Gasteiger partial charge in [-0.3, -0.25) is 4.79 Å². The van der Waals surface area contributed by atoms with E-state index in [1.165, 1.54) is 13.5 Å². The SMILES string of the molecule is COC(=O)[C@@H]1CCC[C@H](CNCN)C1. The van der Waals surface area contributed by atoms with Crippen molar-refractivity contribution in [3.05, 3.63) is 0 Å². The molecule has 4 nitrogen and oxygen atoms in total. The Bertz CT molecular complexity index is 185. The first-order valence-electron chi connectivity index (χ1n) is 5.26. The van der Waals surface area contributed by atoms with Gasteiger partial charge in [0.15, 0.2) is 0 Å². The highest BCUT2D eigenvalue weighted by molar-refractivity contribution is 5.72. The Morgan fingerprint density at radius 3 is 3.00 bits per heavy atom. The number of rotatable bonds is 4. The predicted molar refractivity (Wildman–Crippen MR) is 54.5 cm³/mol. The summed E-state index contributed by atoms with van der Waals surface area (Å²) in [6.07, 6.45) is 4.24. The molecule has 0 aromatic rings. The molecule has 82 valence electrons. The van der Waals surface area contributed by atoms with Crippen molar-refractivity contribution >= 4 is 5.97 Å². The summed E-state index contributed by atoms with van der Waals surface area (Å²) in [5.74, 6) is 0.636. The summed E-state index contributed by atoms with van der Waals surface area (Å²) in [7, 11) is 1.46. The van der Waals surface area contributed by atoms with Crippen LogP contribution in [0.2, 0.25) is 0 Å². The van der Waals surface area contributed by atoms with Crippen molar-refractivity contribution in [2.45, 2.75) is 25.7 Å². The Balaban J connectivity index is 2.31. The number of ether oxygens (including phenoxy) is 1. The average Bonchev–Trinajstić information content (AvgIpc) is 2.25. The van der Waals surface area contributed by atoms with Crippen LogP contribution < -0.4 is 11.1 Å². The van der Waals surface area contributed by atoms with Crippen LogP contribution in [-0.2, 0) is 9.53 Å². The van der Waals surface area contributed by atoms with Crippen molar-refractivity contribution in [1.29, 1.82) is 0 Å². The van der Waals surface area contributed by atoms with Gasteiger partial charge < -0.3 is 15.8 Å². The van der Waals surface area contributed by atoms with Crippen LogP contribution in [0.1, 0.15) is 25.7 Å². The number of carbonyl (C=O) groups is 1. The Hall–Kier alpha value is -0.610. The summed E-state index contributed by atoms with van der Waals surface area (Å²) in [6.45, 7) is 1.43. The third-order valence-corrected chi connectivity index (χ3v) is 2.89. The molecule has 0 aromatic carbocycles. The van der Waals surface area contributed by atoms with Crippen LogP contribution in [0.25, 0.3) is 0 Å². The van der Waals surface area contributed by atoms with Gasteiger partial charge in [0.25, 0.3) is 0 Å². The fraction of sp³-hybridized carbons (Fsp3) is 0.900. The number of carbonyl (C=O) groups excluding carboxylic acids is 1. The lowest BCUT2D eigenvalue weighted by atomic mass is 9.81. The highest BCUT2D eigenvalue weighted by Gasteiger charge is 2.27. The van der Waals surface area contributed by atoms with Crippen LogP contribution in [0.3, 0.4) is 0 Å². The molecule has 0 radical (unpaired) electrons. The number of methoxy groups -OCH3 is 1. The molecule has 0 unspecified atom stereocenters. The Kier molecular flexibility index (Phi) is 4.90. The molecule has 14 heavy (non-hydrogen) atoms. The summed E-state index contributed by atoms with van der Waals surface area (Å²) in [5, 5.41) is 3.12. The summed E-state index contributed by atoms with van der Waals surface area (Å²) in [4.78, 5) is 11.3. The number of nitrogens with two attached hydrogens (primary N) is 1. The highest BCUT2D eigenvalue weighted by Crippen LogP contribution is 2.29. The molecule has 1 fully saturated rings. The van der Waals surface area contributed by atoms with E-state index in [4.69, 9.17) is 10.5 Å². The molecule has 0 heterocycles. The lowest BCUT2D eigenvalue weighted by Gasteiger charge is -2.27. The van der Waals surface area contributed by atoms with Crippen LogP contribution in [0.4, 0.5) is 0 Å². The fourth-order valence-corrected chi connectivity index (χ4v) is 2.14. The second-order valence-corrected chi connectivity index (χ2v) is 3.91. The van der Waals surface area contributed by atoms with Gasteiger partial charge in [-0.1, -0.05) is 6.42 Å². The Morgan fingerprint density at radius 2 is 2.36 bits per heavy atom. The minimum Gasteiger partial charge on any atom is -0.469 e. The molecule has 0 aliphatic heterocycles. The van der Waals surface area contributed by atoms with E-state index < -0.39 is 0 Å². The molecule has 4 heteroatoms. The van der Waals surface area contributed by atoms with E-state index in [1.807, 2.05) is 0 Å². The van der Waals surface area contributed by atoms with E-state index >= 15 is 0 Å². The third kappa shape index (κ3) is 3.27. The van der Waals surface area contributed by atoms with Crippen molar-refractivity contribution in [2.24, 2.45) is 17.6 Å². The van der Waals surface area contributed by atoms with Crippen molar-refractivity contribution in [2.75, 3.05) is 20.3 Å². The summed E-state index contributed by atoms with van der Waals surface area (Å²) in [6, 6.07) is 0.